The third kappa shape index (κ3) is 3.73. The van der Waals surface area contributed by atoms with Crippen LogP contribution in [0.4, 0.5) is 0 Å². The van der Waals surface area contributed by atoms with Crippen LogP contribution in [0.1, 0.15) is 10.4 Å². The molecule has 0 unspecified atom stereocenters. The molecule has 0 saturated heterocycles. The molecule has 16 heavy (non-hydrogen) atoms. The van der Waals surface area contributed by atoms with Gasteiger partial charge < -0.3 is 9.29 Å². The number of ether oxygens (including phenoxy) is 1. The monoisotopic (exact) mass is 272 g/mol. The van der Waals surface area contributed by atoms with E-state index in [9.17, 15) is 17.8 Å². The first-order valence-corrected chi connectivity index (χ1v) is 5.48. The molecule has 8 heteroatoms. The van der Waals surface area contributed by atoms with Crippen molar-refractivity contribution in [2.45, 2.75) is 4.90 Å². The Morgan fingerprint density at radius 2 is 2.00 bits per heavy atom. The average molecular weight is 273 g/mol. The van der Waals surface area contributed by atoms with Crippen molar-refractivity contribution in [2.75, 3.05) is 7.11 Å². The van der Waals surface area contributed by atoms with E-state index in [1.807, 2.05) is 0 Å². The van der Waals surface area contributed by atoms with Gasteiger partial charge in [0.15, 0.2) is 0 Å². The molecule has 1 aromatic carbocycles. The van der Waals surface area contributed by atoms with Crippen molar-refractivity contribution in [3.63, 3.8) is 0 Å². The second kappa shape index (κ2) is 6.00. The fourth-order valence-corrected chi connectivity index (χ4v) is 1.92. The molecular weight excluding hydrogens is 267 g/mol. The minimum absolute atomic E-state index is 0. The Balaban J connectivity index is 0.00000225. The van der Waals surface area contributed by atoms with E-state index in [0.29, 0.717) is 0 Å². The molecule has 0 atom stereocenters. The maximum atomic E-state index is 11.0. The van der Waals surface area contributed by atoms with Crippen molar-refractivity contribution >= 4 is 27.7 Å². The molecule has 0 aliphatic carbocycles. The summed E-state index contributed by atoms with van der Waals surface area (Å²) in [6.07, 6.45) is 0. The van der Waals surface area contributed by atoms with E-state index in [-0.39, 0.29) is 40.1 Å². The minimum atomic E-state index is -4.69. The van der Waals surface area contributed by atoms with Crippen LogP contribution in [0.2, 0.25) is 5.02 Å². The number of hydrogen-bond acceptors (Lipinski definition) is 5. The zero-order valence-corrected chi connectivity index (χ0v) is 12.1. The Morgan fingerprint density at radius 3 is 2.44 bits per heavy atom. The normalized spacial score (nSPS) is 10.4. The number of rotatable bonds is 2. The summed E-state index contributed by atoms with van der Waals surface area (Å²) in [4.78, 5) is 10.4. The largest absolute Gasteiger partial charge is 1.00 e. The molecule has 0 radical (unpaired) electrons. The second-order valence-corrected chi connectivity index (χ2v) is 4.35. The summed E-state index contributed by atoms with van der Waals surface area (Å²) in [5.74, 6) is -0.739. The molecular formula is C8H6ClNaO5S. The van der Waals surface area contributed by atoms with Gasteiger partial charge in [-0.1, -0.05) is 11.6 Å². The van der Waals surface area contributed by atoms with Gasteiger partial charge in [-0.3, -0.25) is 0 Å². The van der Waals surface area contributed by atoms with Gasteiger partial charge in [-0.15, -0.1) is 0 Å². The van der Waals surface area contributed by atoms with Gasteiger partial charge in [0.25, 0.3) is 0 Å². The maximum absolute atomic E-state index is 11.0. The van der Waals surface area contributed by atoms with Gasteiger partial charge >= 0.3 is 35.5 Å². The van der Waals surface area contributed by atoms with Crippen LogP contribution in [0, 0.1) is 0 Å². The van der Waals surface area contributed by atoms with Crippen molar-refractivity contribution in [3.8, 4) is 0 Å². The first kappa shape index (κ1) is 15.9. The number of carbonyl (C=O) groups is 1. The molecule has 0 spiro atoms. The molecule has 0 fully saturated rings. The molecule has 0 aliphatic rings. The van der Waals surface area contributed by atoms with Gasteiger partial charge in [0.05, 0.1) is 22.6 Å². The van der Waals surface area contributed by atoms with Gasteiger partial charge in [0, 0.05) is 0 Å². The van der Waals surface area contributed by atoms with Crippen LogP contribution in [0.5, 0.6) is 0 Å². The Bertz CT molecular complexity index is 499. The Hall–Kier alpha value is -0.110. The van der Waals surface area contributed by atoms with Gasteiger partial charge in [0.1, 0.15) is 10.1 Å². The van der Waals surface area contributed by atoms with Gasteiger partial charge in [-0.25, -0.2) is 13.2 Å². The van der Waals surface area contributed by atoms with Crippen molar-refractivity contribution in [1.29, 1.82) is 0 Å². The number of methoxy groups -OCH3 is 1. The summed E-state index contributed by atoms with van der Waals surface area (Å²) < 4.78 is 36.5. The molecule has 1 aromatic rings. The molecule has 1 rings (SSSR count). The molecule has 0 bridgehead atoms. The van der Waals surface area contributed by atoms with Gasteiger partial charge in [-0.2, -0.15) is 0 Å². The number of halogens is 1. The molecule has 0 N–H and O–H groups in total. The van der Waals surface area contributed by atoms with E-state index in [1.54, 1.807) is 0 Å². The van der Waals surface area contributed by atoms with Crippen molar-refractivity contribution in [1.82, 2.24) is 0 Å². The van der Waals surface area contributed by atoms with E-state index < -0.39 is 21.0 Å². The maximum Gasteiger partial charge on any atom is 1.00 e. The third-order valence-electron chi connectivity index (χ3n) is 1.62. The fraction of sp³-hybridized carbons (Fsp3) is 0.125. The second-order valence-electron chi connectivity index (χ2n) is 2.59. The quantitative estimate of drug-likeness (QED) is 0.354. The van der Waals surface area contributed by atoms with Crippen molar-refractivity contribution < 1.29 is 52.1 Å². The summed E-state index contributed by atoms with van der Waals surface area (Å²) in [5, 5.41) is -0.224. The number of carbonyl (C=O) groups excluding carboxylic acids is 1. The van der Waals surface area contributed by atoms with Crippen molar-refractivity contribution in [3.05, 3.63) is 28.8 Å². The number of hydrogen-bond donors (Lipinski definition) is 0. The van der Waals surface area contributed by atoms with Gasteiger partial charge in [0.2, 0.25) is 0 Å². The summed E-state index contributed by atoms with van der Waals surface area (Å²) in [6.45, 7) is 0. The van der Waals surface area contributed by atoms with Crippen LogP contribution in [0.25, 0.3) is 0 Å². The SMILES string of the molecule is COC(=O)c1ccc(Cl)c(S(=O)(=O)[O-])c1.[Na+]. The van der Waals surface area contributed by atoms with Crippen molar-refractivity contribution in [2.24, 2.45) is 0 Å². The van der Waals surface area contributed by atoms with E-state index in [1.165, 1.54) is 6.07 Å². The fourth-order valence-electron chi connectivity index (χ4n) is 0.940. The van der Waals surface area contributed by atoms with Crippen LogP contribution in [-0.2, 0) is 14.9 Å². The number of benzene rings is 1. The molecule has 0 saturated carbocycles. The van der Waals surface area contributed by atoms with Crippen LogP contribution in [0.3, 0.4) is 0 Å². The van der Waals surface area contributed by atoms with E-state index >= 15 is 0 Å². The van der Waals surface area contributed by atoms with Crippen LogP contribution < -0.4 is 29.6 Å². The average Bonchev–Trinajstić information content (AvgIpc) is 2.15. The smallest absolute Gasteiger partial charge is 0.744 e. The van der Waals surface area contributed by atoms with Gasteiger partial charge in [-0.05, 0) is 18.2 Å². The summed E-state index contributed by atoms with van der Waals surface area (Å²) >= 11 is 5.50. The van der Waals surface area contributed by atoms with E-state index in [2.05, 4.69) is 4.74 Å². The summed E-state index contributed by atoms with van der Waals surface area (Å²) in [5.41, 5.74) is -0.0451. The minimum Gasteiger partial charge on any atom is -0.744 e. The Morgan fingerprint density at radius 1 is 1.44 bits per heavy atom. The first-order chi connectivity index (χ1) is 6.86. The molecule has 0 amide bonds. The predicted octanol–water partition coefficient (Wildman–Crippen LogP) is -1.97. The van der Waals surface area contributed by atoms with Crippen LogP contribution in [-0.4, -0.2) is 26.0 Å². The Labute approximate surface area is 120 Å². The topological polar surface area (TPSA) is 83.5 Å². The molecule has 0 aliphatic heterocycles. The van der Waals surface area contributed by atoms with E-state index in [4.69, 9.17) is 11.6 Å². The molecule has 82 valence electrons. The van der Waals surface area contributed by atoms with E-state index in [0.717, 1.165) is 19.2 Å². The molecule has 0 aromatic heterocycles. The zero-order chi connectivity index (χ0) is 11.6. The predicted molar refractivity (Wildman–Crippen MR) is 50.8 cm³/mol. The number of esters is 1. The Kier molecular flexibility index (Phi) is 5.95. The first-order valence-electron chi connectivity index (χ1n) is 3.70. The standard InChI is InChI=1S/C8H7ClO5S.Na/c1-14-8(10)5-2-3-6(9)7(4-5)15(11,12)13;/h2-4H,1H3,(H,11,12,13);/q;+1/p-1. The zero-order valence-electron chi connectivity index (χ0n) is 8.56. The molecule has 5 nitrogen and oxygen atoms in total. The van der Waals surface area contributed by atoms with Crippen LogP contribution in [0.15, 0.2) is 23.1 Å². The summed E-state index contributed by atoms with van der Waals surface area (Å²) in [6, 6.07) is 3.30. The molecule has 0 heterocycles. The third-order valence-corrected chi connectivity index (χ3v) is 2.94. The van der Waals surface area contributed by atoms with Crippen LogP contribution >= 0.6 is 11.6 Å². The summed E-state index contributed by atoms with van der Waals surface area (Å²) in [7, 11) is -3.55.